The maximum atomic E-state index is 11.7. The van der Waals surface area contributed by atoms with Gasteiger partial charge in [-0.2, -0.15) is 0 Å². The molecule has 1 aromatic rings. The van der Waals surface area contributed by atoms with Crippen LogP contribution >= 0.6 is 0 Å². The number of likely N-dealkylation sites (tertiary alicyclic amines) is 1. The van der Waals surface area contributed by atoms with Crippen molar-refractivity contribution in [2.45, 2.75) is 26.3 Å². The van der Waals surface area contributed by atoms with E-state index in [-0.39, 0.29) is 12.3 Å². The number of hydrogen-bond donors (Lipinski definition) is 1. The maximum Gasteiger partial charge on any atom is 0.308 e. The molecule has 1 unspecified atom stereocenters. The van der Waals surface area contributed by atoms with Crippen molar-refractivity contribution >= 4 is 11.9 Å². The van der Waals surface area contributed by atoms with E-state index in [1.54, 1.807) is 4.90 Å². The molecular weight excluding hydrogens is 258 g/mol. The standard InChI is InChI=1S/C15H19NO4/c1-2-7-20-13-5-3-11(4-6-13)9-16-10-12(15(18)19)8-14(16)17/h3-6,12H,2,7-10H2,1H3,(H,18,19). The van der Waals surface area contributed by atoms with E-state index in [4.69, 9.17) is 9.84 Å². The van der Waals surface area contributed by atoms with Crippen LogP contribution in [-0.4, -0.2) is 35.0 Å². The first-order chi connectivity index (χ1) is 9.60. The summed E-state index contributed by atoms with van der Waals surface area (Å²) in [5.41, 5.74) is 0.980. The predicted octanol–water partition coefficient (Wildman–Crippen LogP) is 1.91. The Kier molecular flexibility index (Phi) is 4.61. The van der Waals surface area contributed by atoms with Gasteiger partial charge in [0.05, 0.1) is 12.5 Å². The number of carbonyl (C=O) groups is 2. The van der Waals surface area contributed by atoms with Gasteiger partial charge in [-0.25, -0.2) is 0 Å². The Hall–Kier alpha value is -2.04. The molecule has 0 aliphatic carbocycles. The quantitative estimate of drug-likeness (QED) is 0.862. The number of amides is 1. The zero-order chi connectivity index (χ0) is 14.5. The summed E-state index contributed by atoms with van der Waals surface area (Å²) in [5.74, 6) is -0.755. The monoisotopic (exact) mass is 277 g/mol. The van der Waals surface area contributed by atoms with Crippen molar-refractivity contribution in [2.24, 2.45) is 5.92 Å². The van der Waals surface area contributed by atoms with Crippen LogP contribution in [0.1, 0.15) is 25.3 Å². The van der Waals surface area contributed by atoms with E-state index in [1.165, 1.54) is 0 Å². The van der Waals surface area contributed by atoms with Crippen molar-refractivity contribution < 1.29 is 19.4 Å². The fourth-order valence-electron chi connectivity index (χ4n) is 2.22. The highest BCUT2D eigenvalue weighted by molar-refractivity contribution is 5.86. The number of hydrogen-bond acceptors (Lipinski definition) is 3. The molecule has 0 aromatic heterocycles. The zero-order valence-corrected chi connectivity index (χ0v) is 11.5. The third-order valence-corrected chi connectivity index (χ3v) is 3.33. The minimum Gasteiger partial charge on any atom is -0.494 e. The second-order valence-corrected chi connectivity index (χ2v) is 5.01. The molecule has 0 radical (unpaired) electrons. The smallest absolute Gasteiger partial charge is 0.308 e. The lowest BCUT2D eigenvalue weighted by Crippen LogP contribution is -2.25. The van der Waals surface area contributed by atoms with Crippen LogP contribution in [0, 0.1) is 5.92 Å². The third kappa shape index (κ3) is 3.50. The van der Waals surface area contributed by atoms with Crippen molar-refractivity contribution in [1.29, 1.82) is 0 Å². The molecule has 1 saturated heterocycles. The predicted molar refractivity (Wildman–Crippen MR) is 73.4 cm³/mol. The minimum absolute atomic E-state index is 0.0938. The van der Waals surface area contributed by atoms with Crippen LogP contribution in [-0.2, 0) is 16.1 Å². The van der Waals surface area contributed by atoms with Crippen LogP contribution in [0.15, 0.2) is 24.3 Å². The molecule has 1 heterocycles. The Balaban J connectivity index is 1.93. The molecule has 1 aliphatic heterocycles. The van der Waals surface area contributed by atoms with Gasteiger partial charge < -0.3 is 14.7 Å². The van der Waals surface area contributed by atoms with Gasteiger partial charge in [0.25, 0.3) is 0 Å². The molecule has 0 saturated carbocycles. The lowest BCUT2D eigenvalue weighted by molar-refractivity contribution is -0.141. The number of carbonyl (C=O) groups excluding carboxylic acids is 1. The van der Waals surface area contributed by atoms with Crippen molar-refractivity contribution in [2.75, 3.05) is 13.2 Å². The summed E-state index contributed by atoms with van der Waals surface area (Å²) in [6.45, 7) is 3.48. The highest BCUT2D eigenvalue weighted by Gasteiger charge is 2.33. The van der Waals surface area contributed by atoms with Gasteiger partial charge in [0.15, 0.2) is 0 Å². The Morgan fingerprint density at radius 3 is 2.65 bits per heavy atom. The van der Waals surface area contributed by atoms with Crippen LogP contribution in [0.5, 0.6) is 5.75 Å². The molecule has 1 aliphatic rings. The molecular formula is C15H19NO4. The van der Waals surface area contributed by atoms with Gasteiger partial charge in [-0.15, -0.1) is 0 Å². The number of nitrogens with zero attached hydrogens (tertiary/aromatic N) is 1. The van der Waals surface area contributed by atoms with E-state index >= 15 is 0 Å². The molecule has 20 heavy (non-hydrogen) atoms. The van der Waals surface area contributed by atoms with E-state index in [0.29, 0.717) is 19.7 Å². The van der Waals surface area contributed by atoms with Gasteiger partial charge in [-0.05, 0) is 24.1 Å². The van der Waals surface area contributed by atoms with Gasteiger partial charge >= 0.3 is 5.97 Å². The van der Waals surface area contributed by atoms with Gasteiger partial charge in [-0.3, -0.25) is 9.59 Å². The zero-order valence-electron chi connectivity index (χ0n) is 11.5. The van der Waals surface area contributed by atoms with Crippen LogP contribution in [0.4, 0.5) is 0 Å². The van der Waals surface area contributed by atoms with Gasteiger partial charge in [0, 0.05) is 19.5 Å². The number of benzene rings is 1. The molecule has 0 spiro atoms. The minimum atomic E-state index is -0.899. The molecule has 1 N–H and O–H groups in total. The summed E-state index contributed by atoms with van der Waals surface area (Å²) in [5, 5.41) is 8.94. The fraction of sp³-hybridized carbons (Fsp3) is 0.467. The summed E-state index contributed by atoms with van der Waals surface area (Å²) >= 11 is 0. The average Bonchev–Trinajstić information content (AvgIpc) is 2.80. The topological polar surface area (TPSA) is 66.8 Å². The number of carboxylic acid groups (broad SMARTS) is 1. The molecule has 1 aromatic carbocycles. The van der Waals surface area contributed by atoms with Crippen LogP contribution in [0.3, 0.4) is 0 Å². The van der Waals surface area contributed by atoms with Crippen LogP contribution < -0.4 is 4.74 Å². The summed E-state index contributed by atoms with van der Waals surface area (Å²) < 4.78 is 5.49. The molecule has 1 amide bonds. The van der Waals surface area contributed by atoms with Crippen molar-refractivity contribution in [3.8, 4) is 5.75 Å². The molecule has 2 rings (SSSR count). The molecule has 5 nitrogen and oxygen atoms in total. The molecule has 0 bridgehead atoms. The molecule has 108 valence electrons. The number of carboxylic acids is 1. The van der Waals surface area contributed by atoms with E-state index in [2.05, 4.69) is 0 Å². The average molecular weight is 277 g/mol. The lowest BCUT2D eigenvalue weighted by Gasteiger charge is -2.16. The lowest BCUT2D eigenvalue weighted by atomic mass is 10.1. The van der Waals surface area contributed by atoms with Crippen molar-refractivity contribution in [3.63, 3.8) is 0 Å². The van der Waals surface area contributed by atoms with Crippen molar-refractivity contribution in [1.82, 2.24) is 4.90 Å². The normalized spacial score (nSPS) is 18.4. The van der Waals surface area contributed by atoms with Gasteiger partial charge in [-0.1, -0.05) is 19.1 Å². The first-order valence-corrected chi connectivity index (χ1v) is 6.82. The second-order valence-electron chi connectivity index (χ2n) is 5.01. The molecule has 1 fully saturated rings. The van der Waals surface area contributed by atoms with E-state index in [0.717, 1.165) is 17.7 Å². The largest absolute Gasteiger partial charge is 0.494 e. The Morgan fingerprint density at radius 2 is 2.10 bits per heavy atom. The van der Waals surface area contributed by atoms with Crippen LogP contribution in [0.2, 0.25) is 0 Å². The first kappa shape index (κ1) is 14.4. The van der Waals surface area contributed by atoms with E-state index < -0.39 is 11.9 Å². The second kappa shape index (κ2) is 6.41. The number of aliphatic carboxylic acids is 1. The summed E-state index contributed by atoms with van der Waals surface area (Å²) in [6, 6.07) is 7.57. The highest BCUT2D eigenvalue weighted by Crippen LogP contribution is 2.21. The first-order valence-electron chi connectivity index (χ1n) is 6.82. The SMILES string of the molecule is CCCOc1ccc(CN2CC(C(=O)O)CC2=O)cc1. The van der Waals surface area contributed by atoms with Crippen LogP contribution in [0.25, 0.3) is 0 Å². The Morgan fingerprint density at radius 1 is 1.40 bits per heavy atom. The molecule has 5 heteroatoms. The third-order valence-electron chi connectivity index (χ3n) is 3.33. The molecule has 1 atom stereocenters. The maximum absolute atomic E-state index is 11.7. The highest BCUT2D eigenvalue weighted by atomic mass is 16.5. The Bertz CT molecular complexity index is 483. The Labute approximate surface area is 118 Å². The van der Waals surface area contributed by atoms with Gasteiger partial charge in [0.2, 0.25) is 5.91 Å². The number of ether oxygens (including phenoxy) is 1. The summed E-state index contributed by atoms with van der Waals surface area (Å²) in [4.78, 5) is 24.2. The van der Waals surface area contributed by atoms with E-state index in [9.17, 15) is 9.59 Å². The fourth-order valence-corrected chi connectivity index (χ4v) is 2.22. The van der Waals surface area contributed by atoms with Crippen molar-refractivity contribution in [3.05, 3.63) is 29.8 Å². The number of rotatable bonds is 6. The van der Waals surface area contributed by atoms with Gasteiger partial charge in [0.1, 0.15) is 5.75 Å². The van der Waals surface area contributed by atoms with E-state index in [1.807, 2.05) is 31.2 Å². The summed E-state index contributed by atoms with van der Waals surface area (Å²) in [7, 11) is 0. The summed E-state index contributed by atoms with van der Waals surface area (Å²) in [6.07, 6.45) is 1.06.